The molecule has 108 valence electrons. The van der Waals surface area contributed by atoms with Gasteiger partial charge in [-0.05, 0) is 25.1 Å². The first kappa shape index (κ1) is 17.9. The van der Waals surface area contributed by atoms with Gasteiger partial charge in [-0.2, -0.15) is 0 Å². The minimum absolute atomic E-state index is 0.118. The molecule has 0 aromatic rings. The lowest BCUT2D eigenvalue weighted by atomic mass is 9.90. The maximum absolute atomic E-state index is 10.2. The average Bonchev–Trinajstić information content (AvgIpc) is 2.42. The van der Waals surface area contributed by atoms with Crippen molar-refractivity contribution >= 4 is 8.32 Å². The largest absolute Gasteiger partial charge is 0.414 e. The van der Waals surface area contributed by atoms with Gasteiger partial charge in [0.2, 0.25) is 0 Å². The molecule has 0 amide bonds. The predicted octanol–water partition coefficient (Wildman–Crippen LogP) is 4.22. The van der Waals surface area contributed by atoms with Crippen LogP contribution in [0.15, 0.2) is 12.7 Å². The van der Waals surface area contributed by atoms with Crippen LogP contribution in [0.5, 0.6) is 0 Å². The first-order valence-electron chi connectivity index (χ1n) is 7.35. The third-order valence-electron chi connectivity index (χ3n) is 4.56. The second-order valence-corrected chi connectivity index (χ2v) is 10.2. The minimum Gasteiger partial charge on any atom is -0.414 e. The smallest absolute Gasteiger partial charge is 0.192 e. The van der Waals surface area contributed by atoms with E-state index in [1.54, 1.807) is 0 Å². The fraction of sp³-hybridized carbons (Fsp3) is 0.867. The van der Waals surface area contributed by atoms with Crippen LogP contribution in [0.1, 0.15) is 41.5 Å². The van der Waals surface area contributed by atoms with Gasteiger partial charge in [-0.1, -0.05) is 40.7 Å². The van der Waals surface area contributed by atoms with E-state index in [1.165, 1.54) is 0 Å². The Bertz CT molecular complexity index is 230. The first-order valence-corrected chi connectivity index (χ1v) is 9.88. The van der Waals surface area contributed by atoms with Crippen LogP contribution in [0, 0.1) is 11.8 Å². The summed E-state index contributed by atoms with van der Waals surface area (Å²) in [6.45, 7) is 16.6. The summed E-state index contributed by atoms with van der Waals surface area (Å²) in [6.07, 6.45) is 1.57. The Balaban J connectivity index is 4.64. The summed E-state index contributed by atoms with van der Waals surface area (Å²) in [6, 6.07) is 3.47. The molecule has 0 saturated heterocycles. The van der Waals surface area contributed by atoms with Gasteiger partial charge in [0.1, 0.15) is 0 Å². The Hall–Kier alpha value is -0.123. The quantitative estimate of drug-likeness (QED) is 0.503. The van der Waals surface area contributed by atoms with Crippen molar-refractivity contribution in [2.75, 3.05) is 0 Å². The molecule has 2 nitrogen and oxygen atoms in total. The fourth-order valence-electron chi connectivity index (χ4n) is 2.40. The van der Waals surface area contributed by atoms with Gasteiger partial charge in [0.05, 0.1) is 6.10 Å². The summed E-state index contributed by atoms with van der Waals surface area (Å²) in [4.78, 5) is 0. The average molecular weight is 273 g/mol. The molecule has 0 radical (unpaired) electrons. The van der Waals surface area contributed by atoms with Crippen molar-refractivity contribution in [3.05, 3.63) is 12.7 Å². The van der Waals surface area contributed by atoms with Crippen molar-refractivity contribution in [1.29, 1.82) is 0 Å². The van der Waals surface area contributed by atoms with Crippen LogP contribution in [-0.2, 0) is 4.43 Å². The molecule has 0 rings (SSSR count). The zero-order chi connectivity index (χ0) is 14.3. The van der Waals surface area contributed by atoms with Gasteiger partial charge in [0.25, 0.3) is 0 Å². The lowest BCUT2D eigenvalue weighted by molar-refractivity contribution is 0.0185. The third-order valence-corrected chi connectivity index (χ3v) is 9.30. The van der Waals surface area contributed by atoms with Gasteiger partial charge < -0.3 is 9.53 Å². The van der Waals surface area contributed by atoms with Crippen LogP contribution in [0.4, 0.5) is 0 Å². The minimum atomic E-state index is -1.57. The van der Waals surface area contributed by atoms with Crippen molar-refractivity contribution in [3.63, 3.8) is 0 Å². The maximum Gasteiger partial charge on any atom is 0.192 e. The number of hydrogen-bond acceptors (Lipinski definition) is 2. The summed E-state index contributed by atoms with van der Waals surface area (Å²) in [5.41, 5.74) is 0. The molecule has 1 N–H and O–H groups in total. The van der Waals surface area contributed by atoms with E-state index in [-0.39, 0.29) is 24.0 Å². The molecule has 4 atom stereocenters. The molecule has 18 heavy (non-hydrogen) atoms. The SMILES string of the molecule is C=C[C@H](C)[C@@H](O)[C@@H](C)[C@H](C)O[Si](CC)(CC)CC. The van der Waals surface area contributed by atoms with Gasteiger partial charge in [0.15, 0.2) is 8.32 Å². The molecule has 0 aromatic heterocycles. The molecule has 0 spiro atoms. The Morgan fingerprint density at radius 3 is 1.89 bits per heavy atom. The Morgan fingerprint density at radius 1 is 1.11 bits per heavy atom. The molecule has 0 saturated carbocycles. The Labute approximate surface area is 115 Å². The van der Waals surface area contributed by atoms with Crippen molar-refractivity contribution < 1.29 is 9.53 Å². The Kier molecular flexibility index (Phi) is 8.07. The van der Waals surface area contributed by atoms with Crippen LogP contribution >= 0.6 is 0 Å². The highest BCUT2D eigenvalue weighted by Gasteiger charge is 2.34. The van der Waals surface area contributed by atoms with E-state index in [0.717, 1.165) is 18.1 Å². The summed E-state index contributed by atoms with van der Waals surface area (Å²) in [5, 5.41) is 10.2. The zero-order valence-electron chi connectivity index (χ0n) is 13.1. The molecule has 0 aromatic carbocycles. The summed E-state index contributed by atoms with van der Waals surface area (Å²) in [5.74, 6) is 0.265. The molecular formula is C15H32O2Si. The molecule has 3 heteroatoms. The van der Waals surface area contributed by atoms with Crippen LogP contribution in [0.25, 0.3) is 0 Å². The van der Waals surface area contributed by atoms with E-state index in [4.69, 9.17) is 4.43 Å². The van der Waals surface area contributed by atoms with Gasteiger partial charge in [-0.3, -0.25) is 0 Å². The molecular weight excluding hydrogens is 240 g/mol. The summed E-state index contributed by atoms with van der Waals surface area (Å²) < 4.78 is 6.41. The Morgan fingerprint density at radius 2 is 1.56 bits per heavy atom. The molecule has 0 heterocycles. The third kappa shape index (κ3) is 4.52. The van der Waals surface area contributed by atoms with E-state index in [9.17, 15) is 5.11 Å². The van der Waals surface area contributed by atoms with Gasteiger partial charge >= 0.3 is 0 Å². The van der Waals surface area contributed by atoms with Gasteiger partial charge in [-0.25, -0.2) is 0 Å². The van der Waals surface area contributed by atoms with Gasteiger partial charge in [0, 0.05) is 17.9 Å². The standard InChI is InChI=1S/C15H32O2Si/c1-8-12(5)15(16)13(6)14(7)17-18(9-2,10-3)11-4/h8,12-16H,1,9-11H2,2-7H3/t12-,13-,14-,15+/m0/s1. The normalized spacial score (nSPS) is 19.1. The molecule has 0 aliphatic carbocycles. The van der Waals surface area contributed by atoms with Crippen molar-refractivity contribution in [2.24, 2.45) is 11.8 Å². The zero-order valence-corrected chi connectivity index (χ0v) is 14.1. The topological polar surface area (TPSA) is 29.5 Å². The highest BCUT2D eigenvalue weighted by atomic mass is 28.4. The lowest BCUT2D eigenvalue weighted by Crippen LogP contribution is -2.44. The monoisotopic (exact) mass is 272 g/mol. The van der Waals surface area contributed by atoms with Crippen LogP contribution in [0.3, 0.4) is 0 Å². The van der Waals surface area contributed by atoms with Crippen molar-refractivity contribution in [2.45, 2.75) is 71.9 Å². The second kappa shape index (κ2) is 8.13. The molecule has 0 aliphatic heterocycles. The predicted molar refractivity (Wildman–Crippen MR) is 82.3 cm³/mol. The maximum atomic E-state index is 10.2. The second-order valence-electron chi connectivity index (χ2n) is 5.51. The molecule has 0 unspecified atom stereocenters. The first-order chi connectivity index (χ1) is 8.37. The van der Waals surface area contributed by atoms with E-state index < -0.39 is 8.32 Å². The van der Waals surface area contributed by atoms with Crippen LogP contribution < -0.4 is 0 Å². The molecule has 0 aliphatic rings. The number of aliphatic hydroxyl groups is 1. The van der Waals surface area contributed by atoms with Crippen LogP contribution in [-0.4, -0.2) is 25.6 Å². The lowest BCUT2D eigenvalue weighted by Gasteiger charge is -2.36. The van der Waals surface area contributed by atoms with E-state index >= 15 is 0 Å². The van der Waals surface area contributed by atoms with E-state index in [0.29, 0.717) is 0 Å². The van der Waals surface area contributed by atoms with Crippen LogP contribution in [0.2, 0.25) is 18.1 Å². The highest BCUT2D eigenvalue weighted by Crippen LogP contribution is 2.28. The fourth-order valence-corrected chi connectivity index (χ4v) is 5.40. The highest BCUT2D eigenvalue weighted by molar-refractivity contribution is 6.73. The summed E-state index contributed by atoms with van der Waals surface area (Å²) in [7, 11) is -1.57. The molecule has 0 fully saturated rings. The number of hydrogen-bond donors (Lipinski definition) is 1. The number of rotatable bonds is 9. The van der Waals surface area contributed by atoms with Crippen molar-refractivity contribution in [1.82, 2.24) is 0 Å². The van der Waals surface area contributed by atoms with E-state index in [1.807, 2.05) is 13.0 Å². The number of aliphatic hydroxyl groups excluding tert-OH is 1. The van der Waals surface area contributed by atoms with E-state index in [2.05, 4.69) is 41.2 Å². The molecule has 0 bridgehead atoms. The van der Waals surface area contributed by atoms with Gasteiger partial charge in [-0.15, -0.1) is 6.58 Å². The van der Waals surface area contributed by atoms with Crippen molar-refractivity contribution in [3.8, 4) is 0 Å². The summed E-state index contributed by atoms with van der Waals surface area (Å²) >= 11 is 0.